The number of ether oxygens (including phenoxy) is 1. The Hall–Kier alpha value is -0.770. The van der Waals surface area contributed by atoms with E-state index in [1.165, 1.54) is 0 Å². The minimum absolute atomic E-state index is 0.0822. The van der Waals surface area contributed by atoms with Gasteiger partial charge in [-0.2, -0.15) is 0 Å². The molecule has 0 amide bonds. The predicted molar refractivity (Wildman–Crippen MR) is 53.7 cm³/mol. The number of hydrogen-bond acceptors (Lipinski definition) is 2. The molecule has 3 nitrogen and oxygen atoms in total. The summed E-state index contributed by atoms with van der Waals surface area (Å²) in [5, 5.41) is 0. The van der Waals surface area contributed by atoms with Crippen LogP contribution < -0.4 is 0 Å². The molecule has 0 aliphatic heterocycles. The van der Waals surface area contributed by atoms with Crippen molar-refractivity contribution in [3.8, 4) is 0 Å². The zero-order valence-corrected chi connectivity index (χ0v) is 9.46. The SMILES string of the molecule is CC(C)OC(=O)c1cc(Br)cn1C. The van der Waals surface area contributed by atoms with Crippen molar-refractivity contribution in [2.45, 2.75) is 20.0 Å². The average Bonchev–Trinajstić information content (AvgIpc) is 2.28. The molecule has 0 unspecified atom stereocenters. The average molecular weight is 246 g/mol. The number of aryl methyl sites for hydroxylation is 1. The van der Waals surface area contributed by atoms with Crippen LogP contribution in [0.15, 0.2) is 16.7 Å². The van der Waals surface area contributed by atoms with E-state index in [1.807, 2.05) is 27.1 Å². The van der Waals surface area contributed by atoms with E-state index in [2.05, 4.69) is 15.9 Å². The van der Waals surface area contributed by atoms with E-state index in [-0.39, 0.29) is 12.1 Å². The van der Waals surface area contributed by atoms with Crippen LogP contribution in [0.25, 0.3) is 0 Å². The summed E-state index contributed by atoms with van der Waals surface area (Å²) in [7, 11) is 1.81. The van der Waals surface area contributed by atoms with Crippen LogP contribution in [0.2, 0.25) is 0 Å². The Balaban J connectivity index is 2.82. The molecule has 0 saturated carbocycles. The van der Waals surface area contributed by atoms with E-state index in [0.717, 1.165) is 4.47 Å². The molecule has 13 heavy (non-hydrogen) atoms. The van der Waals surface area contributed by atoms with Crippen molar-refractivity contribution in [2.24, 2.45) is 7.05 Å². The fourth-order valence-electron chi connectivity index (χ4n) is 1.00. The van der Waals surface area contributed by atoms with Crippen LogP contribution in [-0.2, 0) is 11.8 Å². The lowest BCUT2D eigenvalue weighted by atomic mass is 10.4. The molecule has 0 aliphatic rings. The van der Waals surface area contributed by atoms with Crippen LogP contribution in [0.3, 0.4) is 0 Å². The number of nitrogens with zero attached hydrogens (tertiary/aromatic N) is 1. The van der Waals surface area contributed by atoms with Crippen molar-refractivity contribution in [3.63, 3.8) is 0 Å². The Bertz CT molecular complexity index is 317. The van der Waals surface area contributed by atoms with E-state index in [1.54, 1.807) is 10.6 Å². The van der Waals surface area contributed by atoms with E-state index < -0.39 is 0 Å². The van der Waals surface area contributed by atoms with E-state index in [4.69, 9.17) is 4.74 Å². The summed E-state index contributed by atoms with van der Waals surface area (Å²) in [5.41, 5.74) is 0.556. The molecular weight excluding hydrogens is 234 g/mol. The van der Waals surface area contributed by atoms with Crippen molar-refractivity contribution in [2.75, 3.05) is 0 Å². The quantitative estimate of drug-likeness (QED) is 0.750. The molecular formula is C9H12BrNO2. The van der Waals surface area contributed by atoms with Gasteiger partial charge in [0.1, 0.15) is 5.69 Å². The van der Waals surface area contributed by atoms with Crippen LogP contribution in [-0.4, -0.2) is 16.6 Å². The number of halogens is 1. The van der Waals surface area contributed by atoms with E-state index in [0.29, 0.717) is 5.69 Å². The predicted octanol–water partition coefficient (Wildman–Crippen LogP) is 2.35. The maximum Gasteiger partial charge on any atom is 0.355 e. The largest absolute Gasteiger partial charge is 0.458 e. The number of carbonyl (C=O) groups excluding carboxylic acids is 1. The van der Waals surface area contributed by atoms with Crippen LogP contribution in [0.4, 0.5) is 0 Å². The Morgan fingerprint density at radius 1 is 1.62 bits per heavy atom. The smallest absolute Gasteiger partial charge is 0.355 e. The summed E-state index contributed by atoms with van der Waals surface area (Å²) in [6, 6.07) is 1.74. The van der Waals surface area contributed by atoms with Crippen LogP contribution in [0.5, 0.6) is 0 Å². The third-order valence-electron chi connectivity index (χ3n) is 1.52. The van der Waals surface area contributed by atoms with Crippen LogP contribution >= 0.6 is 15.9 Å². The molecule has 0 fully saturated rings. The molecule has 1 aromatic heterocycles. The highest BCUT2D eigenvalue weighted by Gasteiger charge is 2.13. The highest BCUT2D eigenvalue weighted by Crippen LogP contribution is 2.14. The Morgan fingerprint density at radius 2 is 2.23 bits per heavy atom. The molecule has 1 heterocycles. The number of carbonyl (C=O) groups is 1. The van der Waals surface area contributed by atoms with Gasteiger partial charge in [0, 0.05) is 17.7 Å². The first-order valence-corrected chi connectivity index (χ1v) is 4.83. The van der Waals surface area contributed by atoms with Gasteiger partial charge >= 0.3 is 5.97 Å². The molecule has 0 N–H and O–H groups in total. The van der Waals surface area contributed by atoms with Gasteiger partial charge in [-0.05, 0) is 35.8 Å². The molecule has 0 saturated heterocycles. The third-order valence-corrected chi connectivity index (χ3v) is 1.96. The lowest BCUT2D eigenvalue weighted by Gasteiger charge is -2.07. The standard InChI is InChI=1S/C9H12BrNO2/c1-6(2)13-9(12)8-4-7(10)5-11(8)3/h4-6H,1-3H3. The van der Waals surface area contributed by atoms with Gasteiger partial charge in [0.25, 0.3) is 0 Å². The summed E-state index contributed by atoms with van der Waals surface area (Å²) in [4.78, 5) is 11.4. The fraction of sp³-hybridized carbons (Fsp3) is 0.444. The molecule has 0 spiro atoms. The summed E-state index contributed by atoms with van der Waals surface area (Å²) >= 11 is 3.29. The van der Waals surface area contributed by atoms with Gasteiger partial charge < -0.3 is 9.30 Å². The Kier molecular flexibility index (Phi) is 3.14. The monoisotopic (exact) mass is 245 g/mol. The highest BCUT2D eigenvalue weighted by molar-refractivity contribution is 9.10. The topological polar surface area (TPSA) is 31.2 Å². The second-order valence-corrected chi connectivity index (χ2v) is 4.02. The Labute approximate surface area is 85.8 Å². The maximum absolute atomic E-state index is 11.4. The Morgan fingerprint density at radius 3 is 2.62 bits per heavy atom. The molecule has 1 rings (SSSR count). The maximum atomic E-state index is 11.4. The van der Waals surface area contributed by atoms with Crippen molar-refractivity contribution in [3.05, 3.63) is 22.4 Å². The molecule has 0 atom stereocenters. The fourth-order valence-corrected chi connectivity index (χ4v) is 1.53. The van der Waals surface area contributed by atoms with Crippen molar-refractivity contribution in [1.29, 1.82) is 0 Å². The summed E-state index contributed by atoms with van der Waals surface area (Å²) in [6.07, 6.45) is 1.73. The molecule has 0 bridgehead atoms. The first-order chi connectivity index (χ1) is 6.00. The minimum Gasteiger partial charge on any atom is -0.458 e. The van der Waals surface area contributed by atoms with E-state index >= 15 is 0 Å². The molecule has 72 valence electrons. The van der Waals surface area contributed by atoms with E-state index in [9.17, 15) is 4.79 Å². The normalized spacial score (nSPS) is 10.5. The second kappa shape index (κ2) is 3.96. The van der Waals surface area contributed by atoms with Crippen LogP contribution in [0, 0.1) is 0 Å². The first kappa shape index (κ1) is 10.3. The zero-order valence-electron chi connectivity index (χ0n) is 7.87. The first-order valence-electron chi connectivity index (χ1n) is 4.03. The molecule has 0 aromatic carbocycles. The summed E-state index contributed by atoms with van der Waals surface area (Å²) in [6.45, 7) is 3.66. The van der Waals surface area contributed by atoms with Crippen molar-refractivity contribution < 1.29 is 9.53 Å². The van der Waals surface area contributed by atoms with Gasteiger partial charge in [-0.15, -0.1) is 0 Å². The third kappa shape index (κ3) is 2.59. The van der Waals surface area contributed by atoms with Gasteiger partial charge in [0.15, 0.2) is 0 Å². The lowest BCUT2D eigenvalue weighted by Crippen LogP contribution is -2.14. The van der Waals surface area contributed by atoms with Crippen molar-refractivity contribution >= 4 is 21.9 Å². The minimum atomic E-state index is -0.289. The van der Waals surface area contributed by atoms with Gasteiger partial charge in [-0.25, -0.2) is 4.79 Å². The molecule has 0 aliphatic carbocycles. The highest BCUT2D eigenvalue weighted by atomic mass is 79.9. The summed E-state index contributed by atoms with van der Waals surface area (Å²) < 4.78 is 7.66. The molecule has 1 aromatic rings. The van der Waals surface area contributed by atoms with Gasteiger partial charge in [0.2, 0.25) is 0 Å². The van der Waals surface area contributed by atoms with Gasteiger partial charge in [0.05, 0.1) is 6.10 Å². The van der Waals surface area contributed by atoms with Gasteiger partial charge in [-0.3, -0.25) is 0 Å². The number of esters is 1. The zero-order chi connectivity index (χ0) is 10.0. The van der Waals surface area contributed by atoms with Crippen molar-refractivity contribution in [1.82, 2.24) is 4.57 Å². The number of aromatic nitrogens is 1. The molecule has 0 radical (unpaired) electrons. The molecule has 4 heteroatoms. The number of rotatable bonds is 2. The number of hydrogen-bond donors (Lipinski definition) is 0. The second-order valence-electron chi connectivity index (χ2n) is 3.11. The van der Waals surface area contributed by atoms with Crippen LogP contribution in [0.1, 0.15) is 24.3 Å². The lowest BCUT2D eigenvalue weighted by molar-refractivity contribution is 0.0366. The van der Waals surface area contributed by atoms with Gasteiger partial charge in [-0.1, -0.05) is 0 Å². The summed E-state index contributed by atoms with van der Waals surface area (Å²) in [5.74, 6) is -0.289.